The van der Waals surface area contributed by atoms with Crippen molar-refractivity contribution < 1.29 is 13.5 Å². The molecule has 2 heterocycles. The molecule has 0 saturated carbocycles. The van der Waals surface area contributed by atoms with Crippen LogP contribution in [0.25, 0.3) is 0 Å². The second kappa shape index (κ2) is 3.94. The van der Waals surface area contributed by atoms with Gasteiger partial charge in [-0.15, -0.1) is 0 Å². The summed E-state index contributed by atoms with van der Waals surface area (Å²) in [6, 6.07) is 0.0873. The summed E-state index contributed by atoms with van der Waals surface area (Å²) in [6.45, 7) is 4.67. The SMILES string of the molecule is CC1CCCCN1S(=O)(=O)N1CC(C)(O)C1. The average Bonchev–Trinajstić information content (AvgIpc) is 2.14. The van der Waals surface area contributed by atoms with E-state index in [1.165, 1.54) is 4.31 Å². The zero-order valence-corrected chi connectivity index (χ0v) is 10.7. The van der Waals surface area contributed by atoms with Gasteiger partial charge in [0.1, 0.15) is 0 Å². The smallest absolute Gasteiger partial charge is 0.282 e. The zero-order valence-electron chi connectivity index (χ0n) is 9.89. The minimum atomic E-state index is -3.34. The number of piperidine rings is 1. The monoisotopic (exact) mass is 248 g/mol. The molecule has 2 fully saturated rings. The van der Waals surface area contributed by atoms with Crippen LogP contribution in [0.15, 0.2) is 0 Å². The number of nitrogens with zero attached hydrogens (tertiary/aromatic N) is 2. The van der Waals surface area contributed by atoms with Crippen molar-refractivity contribution in [3.8, 4) is 0 Å². The van der Waals surface area contributed by atoms with Gasteiger partial charge >= 0.3 is 0 Å². The van der Waals surface area contributed by atoms with Crippen molar-refractivity contribution in [2.24, 2.45) is 0 Å². The zero-order chi connectivity index (χ0) is 12.0. The van der Waals surface area contributed by atoms with Gasteiger partial charge in [0.25, 0.3) is 10.2 Å². The van der Waals surface area contributed by atoms with Crippen LogP contribution >= 0.6 is 0 Å². The summed E-state index contributed by atoms with van der Waals surface area (Å²) in [5, 5.41) is 9.59. The molecule has 1 unspecified atom stereocenters. The highest BCUT2D eigenvalue weighted by Crippen LogP contribution is 2.28. The molecular formula is C10H20N2O3S. The third-order valence-electron chi connectivity index (χ3n) is 3.40. The Morgan fingerprint density at radius 3 is 2.44 bits per heavy atom. The van der Waals surface area contributed by atoms with Gasteiger partial charge in [-0.1, -0.05) is 6.42 Å². The summed E-state index contributed by atoms with van der Waals surface area (Å²) in [4.78, 5) is 0. The fourth-order valence-electron chi connectivity index (χ4n) is 2.44. The van der Waals surface area contributed by atoms with E-state index in [-0.39, 0.29) is 19.1 Å². The highest BCUT2D eigenvalue weighted by Gasteiger charge is 2.46. The van der Waals surface area contributed by atoms with Gasteiger partial charge in [0.15, 0.2) is 0 Å². The maximum atomic E-state index is 12.2. The number of β-amino-alcohol motifs (C(OH)–C–C–N with tert-alkyl or cyclic N) is 1. The van der Waals surface area contributed by atoms with E-state index < -0.39 is 15.8 Å². The minimum absolute atomic E-state index is 0.0873. The molecular weight excluding hydrogens is 228 g/mol. The van der Waals surface area contributed by atoms with Gasteiger partial charge in [0.2, 0.25) is 0 Å². The highest BCUT2D eigenvalue weighted by atomic mass is 32.2. The van der Waals surface area contributed by atoms with Crippen molar-refractivity contribution in [2.75, 3.05) is 19.6 Å². The molecule has 0 aliphatic carbocycles. The lowest BCUT2D eigenvalue weighted by atomic mass is 10.0. The summed E-state index contributed by atoms with van der Waals surface area (Å²) in [5.41, 5.74) is -0.841. The molecule has 0 aromatic rings. The van der Waals surface area contributed by atoms with Gasteiger partial charge in [-0.2, -0.15) is 17.0 Å². The summed E-state index contributed by atoms with van der Waals surface area (Å²) in [5.74, 6) is 0. The molecule has 0 bridgehead atoms. The number of hydrogen-bond acceptors (Lipinski definition) is 3. The lowest BCUT2D eigenvalue weighted by Crippen LogP contribution is -2.65. The second-order valence-electron chi connectivity index (χ2n) is 5.23. The molecule has 1 atom stereocenters. The summed E-state index contributed by atoms with van der Waals surface area (Å²) in [7, 11) is -3.34. The summed E-state index contributed by atoms with van der Waals surface area (Å²) in [6.07, 6.45) is 2.97. The first kappa shape index (κ1) is 12.3. The van der Waals surface area contributed by atoms with Gasteiger partial charge in [0, 0.05) is 25.7 Å². The molecule has 2 rings (SSSR count). The molecule has 0 spiro atoms. The third-order valence-corrected chi connectivity index (χ3v) is 5.44. The second-order valence-corrected chi connectivity index (χ2v) is 7.11. The molecule has 16 heavy (non-hydrogen) atoms. The summed E-state index contributed by atoms with van der Waals surface area (Å²) < 4.78 is 27.4. The molecule has 0 aromatic heterocycles. The van der Waals surface area contributed by atoms with Crippen LogP contribution in [-0.4, -0.2) is 53.4 Å². The Morgan fingerprint density at radius 1 is 1.31 bits per heavy atom. The molecule has 2 aliphatic heterocycles. The lowest BCUT2D eigenvalue weighted by Gasteiger charge is -2.46. The van der Waals surface area contributed by atoms with E-state index in [1.54, 1.807) is 11.2 Å². The number of aliphatic hydroxyl groups is 1. The number of rotatable bonds is 2. The first-order valence-electron chi connectivity index (χ1n) is 5.82. The predicted molar refractivity (Wildman–Crippen MR) is 61.1 cm³/mol. The Labute approximate surface area is 97.2 Å². The van der Waals surface area contributed by atoms with Crippen LogP contribution in [0.1, 0.15) is 33.1 Å². The van der Waals surface area contributed by atoms with Crippen molar-refractivity contribution in [3.63, 3.8) is 0 Å². The van der Waals surface area contributed by atoms with E-state index in [0.29, 0.717) is 6.54 Å². The molecule has 1 N–H and O–H groups in total. The van der Waals surface area contributed by atoms with Crippen LogP contribution in [0.3, 0.4) is 0 Å². The molecule has 6 heteroatoms. The molecule has 0 aromatic carbocycles. The van der Waals surface area contributed by atoms with E-state index in [2.05, 4.69) is 0 Å². The fraction of sp³-hybridized carbons (Fsp3) is 1.00. The topological polar surface area (TPSA) is 60.9 Å². The Hall–Kier alpha value is -0.170. The fourth-order valence-corrected chi connectivity index (χ4v) is 4.54. The van der Waals surface area contributed by atoms with Crippen LogP contribution in [0, 0.1) is 0 Å². The minimum Gasteiger partial charge on any atom is -0.387 e. The highest BCUT2D eigenvalue weighted by molar-refractivity contribution is 7.86. The maximum absolute atomic E-state index is 12.2. The molecule has 0 amide bonds. The van der Waals surface area contributed by atoms with E-state index in [1.807, 2.05) is 6.92 Å². The van der Waals surface area contributed by atoms with Crippen molar-refractivity contribution in [3.05, 3.63) is 0 Å². The first-order valence-corrected chi connectivity index (χ1v) is 7.22. The van der Waals surface area contributed by atoms with Crippen LogP contribution < -0.4 is 0 Å². The molecule has 94 valence electrons. The van der Waals surface area contributed by atoms with Crippen molar-refractivity contribution in [1.82, 2.24) is 8.61 Å². The van der Waals surface area contributed by atoms with Gasteiger partial charge in [-0.3, -0.25) is 0 Å². The lowest BCUT2D eigenvalue weighted by molar-refractivity contribution is -0.0459. The largest absolute Gasteiger partial charge is 0.387 e. The van der Waals surface area contributed by atoms with E-state index >= 15 is 0 Å². The maximum Gasteiger partial charge on any atom is 0.282 e. The Kier molecular flexibility index (Phi) is 3.03. The van der Waals surface area contributed by atoms with Crippen LogP contribution in [0.5, 0.6) is 0 Å². The molecule has 2 aliphatic rings. The molecule has 2 saturated heterocycles. The Morgan fingerprint density at radius 2 is 1.94 bits per heavy atom. The third kappa shape index (κ3) is 2.11. The van der Waals surface area contributed by atoms with Gasteiger partial charge in [0.05, 0.1) is 5.60 Å². The van der Waals surface area contributed by atoms with Crippen molar-refractivity contribution in [2.45, 2.75) is 44.8 Å². The van der Waals surface area contributed by atoms with Crippen LogP contribution in [-0.2, 0) is 10.2 Å². The van der Waals surface area contributed by atoms with E-state index in [9.17, 15) is 13.5 Å². The van der Waals surface area contributed by atoms with E-state index in [4.69, 9.17) is 0 Å². The average molecular weight is 248 g/mol. The van der Waals surface area contributed by atoms with Gasteiger partial charge < -0.3 is 5.11 Å². The Bertz CT molecular complexity index is 358. The van der Waals surface area contributed by atoms with Gasteiger partial charge in [-0.05, 0) is 26.7 Å². The standard InChI is InChI=1S/C10H20N2O3S/c1-9-5-3-4-6-12(9)16(14,15)11-7-10(2,13)8-11/h9,13H,3-8H2,1-2H3. The van der Waals surface area contributed by atoms with Gasteiger partial charge in [-0.25, -0.2) is 0 Å². The quantitative estimate of drug-likeness (QED) is 0.758. The van der Waals surface area contributed by atoms with Crippen LogP contribution in [0.4, 0.5) is 0 Å². The Balaban J connectivity index is 2.07. The molecule has 5 nitrogen and oxygen atoms in total. The number of hydrogen-bond donors (Lipinski definition) is 1. The normalized spacial score (nSPS) is 32.3. The molecule has 0 radical (unpaired) electrons. The summed E-state index contributed by atoms with van der Waals surface area (Å²) >= 11 is 0. The predicted octanol–water partition coefficient (Wildman–Crippen LogP) is 0.172. The van der Waals surface area contributed by atoms with E-state index in [0.717, 1.165) is 19.3 Å². The van der Waals surface area contributed by atoms with Crippen LogP contribution in [0.2, 0.25) is 0 Å². The van der Waals surface area contributed by atoms with Crippen molar-refractivity contribution in [1.29, 1.82) is 0 Å². The van der Waals surface area contributed by atoms with Crippen molar-refractivity contribution >= 4 is 10.2 Å². The first-order chi connectivity index (χ1) is 7.33.